The lowest BCUT2D eigenvalue weighted by atomic mass is 10.4. The molecule has 62 valence electrons. The lowest BCUT2D eigenvalue weighted by molar-refractivity contribution is 0.419. The fourth-order valence-electron chi connectivity index (χ4n) is 1.11. The summed E-state index contributed by atoms with van der Waals surface area (Å²) < 4.78 is 5.09. The minimum absolute atomic E-state index is 0.737. The van der Waals surface area contributed by atoms with Crippen LogP contribution in [0.1, 0.15) is 5.69 Å². The fraction of sp³-hybridized carbons (Fsp3) is 0.250. The van der Waals surface area contributed by atoms with E-state index in [1.54, 1.807) is 19.5 Å². The molecule has 0 amide bonds. The van der Waals surface area contributed by atoms with E-state index in [1.165, 1.54) is 0 Å². The van der Waals surface area contributed by atoms with Gasteiger partial charge < -0.3 is 9.72 Å². The monoisotopic (exact) mass is 163 g/mol. The Bertz CT molecular complexity index is 408. The maximum atomic E-state index is 5.09. The molecule has 0 unspecified atom stereocenters. The lowest BCUT2D eigenvalue weighted by Gasteiger charge is -1.95. The van der Waals surface area contributed by atoms with Gasteiger partial charge in [-0.05, 0) is 6.92 Å². The number of aryl methyl sites for hydroxylation is 1. The molecule has 12 heavy (non-hydrogen) atoms. The number of nitrogens with zero attached hydrogens (tertiary/aromatic N) is 2. The Morgan fingerprint density at radius 3 is 3.08 bits per heavy atom. The highest BCUT2D eigenvalue weighted by Crippen LogP contribution is 2.20. The van der Waals surface area contributed by atoms with Crippen molar-refractivity contribution in [2.45, 2.75) is 6.92 Å². The van der Waals surface area contributed by atoms with Crippen LogP contribution in [-0.4, -0.2) is 22.1 Å². The van der Waals surface area contributed by atoms with Crippen molar-refractivity contribution in [1.82, 2.24) is 15.0 Å². The molecule has 0 fully saturated rings. The third-order valence-corrected chi connectivity index (χ3v) is 1.69. The van der Waals surface area contributed by atoms with Crippen LogP contribution in [0, 0.1) is 6.92 Å². The molecule has 2 aromatic heterocycles. The molecule has 4 heteroatoms. The molecule has 0 atom stereocenters. The van der Waals surface area contributed by atoms with Gasteiger partial charge >= 0.3 is 0 Å². The van der Waals surface area contributed by atoms with E-state index in [4.69, 9.17) is 4.74 Å². The third-order valence-electron chi connectivity index (χ3n) is 1.69. The Kier molecular flexibility index (Phi) is 1.46. The predicted molar refractivity (Wildman–Crippen MR) is 45.2 cm³/mol. The summed E-state index contributed by atoms with van der Waals surface area (Å²) in [4.78, 5) is 11.4. The molecule has 0 aliphatic carbocycles. The summed E-state index contributed by atoms with van der Waals surface area (Å²) in [6, 6.07) is 0. The molecule has 2 aromatic rings. The minimum Gasteiger partial charge on any atom is -0.493 e. The van der Waals surface area contributed by atoms with Crippen molar-refractivity contribution in [3.8, 4) is 5.75 Å². The van der Waals surface area contributed by atoms with Crippen molar-refractivity contribution in [2.75, 3.05) is 7.11 Å². The maximum absolute atomic E-state index is 5.09. The van der Waals surface area contributed by atoms with Gasteiger partial charge in [-0.3, -0.25) is 0 Å². The molecule has 0 bridgehead atoms. The van der Waals surface area contributed by atoms with Crippen molar-refractivity contribution in [1.29, 1.82) is 0 Å². The van der Waals surface area contributed by atoms with Crippen LogP contribution < -0.4 is 4.74 Å². The quantitative estimate of drug-likeness (QED) is 0.688. The van der Waals surface area contributed by atoms with Crippen LogP contribution in [0.2, 0.25) is 0 Å². The van der Waals surface area contributed by atoms with Crippen LogP contribution in [0.15, 0.2) is 12.4 Å². The Balaban J connectivity index is 2.75. The van der Waals surface area contributed by atoms with Crippen LogP contribution in [0.5, 0.6) is 5.75 Å². The molecule has 0 radical (unpaired) electrons. The molecule has 0 saturated heterocycles. The molecule has 0 aliphatic rings. The van der Waals surface area contributed by atoms with Gasteiger partial charge in [-0.1, -0.05) is 0 Å². The Morgan fingerprint density at radius 2 is 2.33 bits per heavy atom. The lowest BCUT2D eigenvalue weighted by Crippen LogP contribution is -1.86. The normalized spacial score (nSPS) is 10.5. The van der Waals surface area contributed by atoms with Gasteiger partial charge in [0.2, 0.25) is 0 Å². The van der Waals surface area contributed by atoms with E-state index in [0.29, 0.717) is 0 Å². The van der Waals surface area contributed by atoms with Crippen LogP contribution in [-0.2, 0) is 0 Å². The van der Waals surface area contributed by atoms with Gasteiger partial charge in [0, 0.05) is 6.20 Å². The van der Waals surface area contributed by atoms with Gasteiger partial charge in [0.25, 0.3) is 0 Å². The van der Waals surface area contributed by atoms with Crippen molar-refractivity contribution < 1.29 is 4.74 Å². The number of hydrogen-bond donors (Lipinski definition) is 1. The van der Waals surface area contributed by atoms with Gasteiger partial charge in [0.15, 0.2) is 11.4 Å². The summed E-state index contributed by atoms with van der Waals surface area (Å²) >= 11 is 0. The van der Waals surface area contributed by atoms with E-state index in [1.807, 2.05) is 6.92 Å². The average Bonchev–Trinajstić information content (AvgIpc) is 2.46. The summed E-state index contributed by atoms with van der Waals surface area (Å²) in [5.41, 5.74) is 2.44. The Morgan fingerprint density at radius 1 is 1.50 bits per heavy atom. The first-order valence-corrected chi connectivity index (χ1v) is 3.66. The average molecular weight is 163 g/mol. The number of hydrogen-bond acceptors (Lipinski definition) is 3. The summed E-state index contributed by atoms with van der Waals surface area (Å²) in [5.74, 6) is 0.737. The van der Waals surface area contributed by atoms with Crippen LogP contribution in [0.4, 0.5) is 0 Å². The molecule has 0 spiro atoms. The second-order valence-electron chi connectivity index (χ2n) is 2.57. The zero-order chi connectivity index (χ0) is 8.55. The number of H-pyrrole nitrogens is 1. The zero-order valence-corrected chi connectivity index (χ0v) is 6.96. The number of nitrogens with one attached hydrogen (secondary N) is 1. The highest BCUT2D eigenvalue weighted by molar-refractivity contribution is 5.78. The van der Waals surface area contributed by atoms with Gasteiger partial charge in [0.1, 0.15) is 5.52 Å². The first-order chi connectivity index (χ1) is 5.81. The first-order valence-electron chi connectivity index (χ1n) is 3.66. The van der Waals surface area contributed by atoms with E-state index < -0.39 is 0 Å². The molecule has 0 aliphatic heterocycles. The molecule has 2 heterocycles. The van der Waals surface area contributed by atoms with Crippen molar-refractivity contribution in [2.24, 2.45) is 0 Å². The second kappa shape index (κ2) is 2.48. The molecule has 0 saturated carbocycles. The highest BCUT2D eigenvalue weighted by atomic mass is 16.5. The molecular weight excluding hydrogens is 154 g/mol. The highest BCUT2D eigenvalue weighted by Gasteiger charge is 2.05. The smallest absolute Gasteiger partial charge is 0.164 e. The van der Waals surface area contributed by atoms with E-state index in [0.717, 1.165) is 22.6 Å². The standard InChI is InChI=1S/C8H9N3O/c1-5-3-9-8-7(11-5)6(12-2)4-10-8/h3-4H,1-2H3,(H,9,10). The fourth-order valence-corrected chi connectivity index (χ4v) is 1.11. The SMILES string of the molecule is COc1c[nH]c2ncc(C)nc12. The van der Waals surface area contributed by atoms with Gasteiger partial charge in [-0.2, -0.15) is 0 Å². The Hall–Kier alpha value is -1.58. The van der Waals surface area contributed by atoms with Crippen LogP contribution >= 0.6 is 0 Å². The number of aromatic amines is 1. The summed E-state index contributed by atoms with van der Waals surface area (Å²) in [5, 5.41) is 0. The number of methoxy groups -OCH3 is 1. The van der Waals surface area contributed by atoms with E-state index in [2.05, 4.69) is 15.0 Å². The van der Waals surface area contributed by atoms with Gasteiger partial charge in [0.05, 0.1) is 19.0 Å². The van der Waals surface area contributed by atoms with Crippen molar-refractivity contribution in [3.05, 3.63) is 18.1 Å². The first kappa shape index (κ1) is 7.09. The van der Waals surface area contributed by atoms with E-state index in [-0.39, 0.29) is 0 Å². The molecule has 1 N–H and O–H groups in total. The van der Waals surface area contributed by atoms with E-state index in [9.17, 15) is 0 Å². The number of rotatable bonds is 1. The topological polar surface area (TPSA) is 50.8 Å². The molecular formula is C8H9N3O. The van der Waals surface area contributed by atoms with Gasteiger partial charge in [-0.15, -0.1) is 0 Å². The Labute approximate surface area is 69.6 Å². The van der Waals surface area contributed by atoms with E-state index >= 15 is 0 Å². The number of ether oxygens (including phenoxy) is 1. The summed E-state index contributed by atoms with van der Waals surface area (Å²) in [6.07, 6.45) is 3.47. The number of fused-ring (bicyclic) bond motifs is 1. The summed E-state index contributed by atoms with van der Waals surface area (Å²) in [6.45, 7) is 1.90. The summed E-state index contributed by atoms with van der Waals surface area (Å²) in [7, 11) is 1.62. The third kappa shape index (κ3) is 0.922. The number of aromatic nitrogens is 3. The van der Waals surface area contributed by atoms with Crippen LogP contribution in [0.3, 0.4) is 0 Å². The second-order valence-corrected chi connectivity index (χ2v) is 2.57. The molecule has 4 nitrogen and oxygen atoms in total. The minimum atomic E-state index is 0.737. The van der Waals surface area contributed by atoms with Crippen LogP contribution in [0.25, 0.3) is 11.2 Å². The predicted octanol–water partition coefficient (Wildman–Crippen LogP) is 1.27. The zero-order valence-electron chi connectivity index (χ0n) is 6.96. The largest absolute Gasteiger partial charge is 0.493 e. The molecule has 2 rings (SSSR count). The molecule has 0 aromatic carbocycles. The van der Waals surface area contributed by atoms with Crippen molar-refractivity contribution in [3.63, 3.8) is 0 Å². The maximum Gasteiger partial charge on any atom is 0.164 e. The van der Waals surface area contributed by atoms with Gasteiger partial charge in [-0.25, -0.2) is 9.97 Å². The van der Waals surface area contributed by atoms with Crippen molar-refractivity contribution >= 4 is 11.2 Å².